The Kier molecular flexibility index (Phi) is 6.16. The first-order chi connectivity index (χ1) is 14.3. The number of allylic oxidation sites excluding steroid dienone is 2. The van der Waals surface area contributed by atoms with Gasteiger partial charge in [0, 0.05) is 12.0 Å². The first-order valence-electron chi connectivity index (χ1n) is 9.50. The number of hydrogen-bond donors (Lipinski definition) is 2. The zero-order valence-electron chi connectivity index (χ0n) is 16.7. The summed E-state index contributed by atoms with van der Waals surface area (Å²) in [5.74, 6) is -2.63. The van der Waals surface area contributed by atoms with Crippen LogP contribution < -0.4 is 0 Å². The first kappa shape index (κ1) is 21.0. The third-order valence-corrected chi connectivity index (χ3v) is 4.74. The van der Waals surface area contributed by atoms with Gasteiger partial charge in [0.2, 0.25) is 0 Å². The maximum atomic E-state index is 13.1. The highest BCUT2D eigenvalue weighted by Crippen LogP contribution is 2.36. The minimum Gasteiger partial charge on any atom is -0.507 e. The second kappa shape index (κ2) is 8.78. The van der Waals surface area contributed by atoms with Crippen LogP contribution in [0.15, 0.2) is 65.8 Å². The van der Waals surface area contributed by atoms with E-state index < -0.39 is 35.1 Å². The molecule has 2 N–H and O–H groups in total. The van der Waals surface area contributed by atoms with Crippen molar-refractivity contribution < 1.29 is 29.3 Å². The van der Waals surface area contributed by atoms with Crippen LogP contribution in [0.3, 0.4) is 0 Å². The van der Waals surface area contributed by atoms with Crippen LogP contribution in [0.25, 0.3) is 0 Å². The number of esters is 1. The number of hydrogen-bond acceptors (Lipinski definition) is 6. The molecule has 2 aromatic rings. The number of ether oxygens (including phenoxy) is 1. The van der Waals surface area contributed by atoms with E-state index in [4.69, 9.17) is 4.74 Å². The smallest absolute Gasteiger partial charge is 0.310 e. The monoisotopic (exact) mass is 406 g/mol. The number of rotatable bonds is 6. The summed E-state index contributed by atoms with van der Waals surface area (Å²) < 4.78 is 5.58. The lowest BCUT2D eigenvalue weighted by molar-refractivity contribution is -0.146. The maximum absolute atomic E-state index is 13.1. The number of Topliss-reactive ketones (excluding diaryl/α,β-unsaturated/α-hetero) is 1. The van der Waals surface area contributed by atoms with Crippen molar-refractivity contribution in [3.63, 3.8) is 0 Å². The van der Waals surface area contributed by atoms with Crippen LogP contribution in [0.1, 0.15) is 46.5 Å². The molecule has 0 fully saturated rings. The van der Waals surface area contributed by atoms with E-state index in [0.29, 0.717) is 0 Å². The van der Waals surface area contributed by atoms with Crippen molar-refractivity contribution in [2.45, 2.75) is 32.8 Å². The second-order valence-electron chi connectivity index (χ2n) is 7.30. The molecular formula is C24H22O6. The Morgan fingerprint density at radius 1 is 1.00 bits per heavy atom. The molecule has 6 heteroatoms. The van der Waals surface area contributed by atoms with Crippen molar-refractivity contribution in [3.05, 3.63) is 82.5 Å². The molecule has 0 amide bonds. The third-order valence-electron chi connectivity index (χ3n) is 4.74. The lowest BCUT2D eigenvalue weighted by Crippen LogP contribution is -2.29. The Morgan fingerprint density at radius 3 is 2.27 bits per heavy atom. The highest BCUT2D eigenvalue weighted by Gasteiger charge is 2.35. The Balaban J connectivity index is 1.93. The van der Waals surface area contributed by atoms with Crippen LogP contribution in [-0.4, -0.2) is 33.9 Å². The minimum absolute atomic E-state index is 0.0181. The SMILES string of the molecule is CC(C)=CCC(OC(=O)Cc1ccccc1)C1=CC(=O)c2c(O)ccc(O)c2C1=O. The van der Waals surface area contributed by atoms with Crippen LogP contribution >= 0.6 is 0 Å². The molecule has 0 saturated heterocycles. The number of phenolic OH excluding ortho intramolecular Hbond substituents is 2. The number of ketones is 2. The fourth-order valence-corrected chi connectivity index (χ4v) is 3.27. The predicted molar refractivity (Wildman–Crippen MR) is 111 cm³/mol. The summed E-state index contributed by atoms with van der Waals surface area (Å²) in [5.41, 5.74) is 1.15. The number of fused-ring (bicyclic) bond motifs is 1. The summed E-state index contributed by atoms with van der Waals surface area (Å²) >= 11 is 0. The topological polar surface area (TPSA) is 101 Å². The largest absolute Gasteiger partial charge is 0.507 e. The first-order valence-corrected chi connectivity index (χ1v) is 9.50. The van der Waals surface area contributed by atoms with E-state index in [1.165, 1.54) is 0 Å². The van der Waals surface area contributed by atoms with Gasteiger partial charge in [0.05, 0.1) is 17.5 Å². The normalized spacial score (nSPS) is 13.9. The minimum atomic E-state index is -0.998. The van der Waals surface area contributed by atoms with Crippen LogP contribution in [0.4, 0.5) is 0 Å². The molecule has 1 aliphatic carbocycles. The van der Waals surface area contributed by atoms with E-state index in [9.17, 15) is 24.6 Å². The highest BCUT2D eigenvalue weighted by atomic mass is 16.5. The molecule has 2 aromatic carbocycles. The number of benzene rings is 2. The molecule has 0 aromatic heterocycles. The quantitative estimate of drug-likeness (QED) is 0.428. The molecule has 0 spiro atoms. The van der Waals surface area contributed by atoms with Gasteiger partial charge in [-0.3, -0.25) is 14.4 Å². The molecule has 1 aliphatic rings. The summed E-state index contributed by atoms with van der Waals surface area (Å²) in [6.45, 7) is 3.73. The zero-order valence-corrected chi connectivity index (χ0v) is 16.7. The third kappa shape index (κ3) is 4.49. The number of aromatic hydroxyl groups is 2. The van der Waals surface area contributed by atoms with E-state index in [-0.39, 0.29) is 29.5 Å². The van der Waals surface area contributed by atoms with Crippen LogP contribution in [0, 0.1) is 0 Å². The van der Waals surface area contributed by atoms with Crippen LogP contribution in [0.5, 0.6) is 11.5 Å². The van der Waals surface area contributed by atoms with Gasteiger partial charge in [-0.2, -0.15) is 0 Å². The molecule has 6 nitrogen and oxygen atoms in total. The van der Waals surface area contributed by atoms with Crippen LogP contribution in [-0.2, 0) is 16.0 Å². The van der Waals surface area contributed by atoms with E-state index in [1.807, 2.05) is 19.9 Å². The highest BCUT2D eigenvalue weighted by molar-refractivity contribution is 6.27. The van der Waals surface area contributed by atoms with E-state index in [1.54, 1.807) is 30.3 Å². The standard InChI is InChI=1S/C24H22O6/c1-14(2)8-11-20(30-21(28)12-15-6-4-3-5-7-15)16-13-19(27)22-17(25)9-10-18(26)23(22)24(16)29/h3-10,13,20,25-26H,11-12H2,1-2H3. The summed E-state index contributed by atoms with van der Waals surface area (Å²) in [5, 5.41) is 20.1. The van der Waals surface area contributed by atoms with Crippen LogP contribution in [0.2, 0.25) is 0 Å². The molecule has 30 heavy (non-hydrogen) atoms. The van der Waals surface area contributed by atoms with Gasteiger partial charge < -0.3 is 14.9 Å². The Bertz CT molecular complexity index is 1060. The van der Waals surface area contributed by atoms with Gasteiger partial charge in [-0.25, -0.2) is 0 Å². The molecule has 0 saturated carbocycles. The number of carbonyl (C=O) groups excluding carboxylic acids is 3. The summed E-state index contributed by atoms with van der Waals surface area (Å²) in [4.78, 5) is 38.1. The van der Waals surface area contributed by atoms with Gasteiger partial charge in [-0.15, -0.1) is 0 Å². The Hall–Kier alpha value is -3.67. The summed E-state index contributed by atoms with van der Waals surface area (Å²) in [6, 6.07) is 11.3. The van der Waals surface area contributed by atoms with Gasteiger partial charge in [0.1, 0.15) is 17.6 Å². The molecule has 1 unspecified atom stereocenters. The Labute approximate surface area is 174 Å². The fourth-order valence-electron chi connectivity index (χ4n) is 3.27. The average molecular weight is 406 g/mol. The van der Waals surface area contributed by atoms with E-state index in [2.05, 4.69) is 0 Å². The molecule has 154 valence electrons. The lowest BCUT2D eigenvalue weighted by Gasteiger charge is -2.23. The van der Waals surface area contributed by atoms with Gasteiger partial charge >= 0.3 is 5.97 Å². The molecule has 1 atom stereocenters. The van der Waals surface area contributed by atoms with E-state index in [0.717, 1.165) is 29.3 Å². The molecule has 3 rings (SSSR count). The molecule has 0 heterocycles. The average Bonchev–Trinajstić information content (AvgIpc) is 2.70. The van der Waals surface area contributed by atoms with Crippen molar-refractivity contribution in [1.82, 2.24) is 0 Å². The van der Waals surface area contributed by atoms with E-state index >= 15 is 0 Å². The van der Waals surface area contributed by atoms with Crippen molar-refractivity contribution in [2.24, 2.45) is 0 Å². The van der Waals surface area contributed by atoms with Crippen molar-refractivity contribution in [2.75, 3.05) is 0 Å². The van der Waals surface area contributed by atoms with Gasteiger partial charge in [-0.1, -0.05) is 42.0 Å². The summed E-state index contributed by atoms with van der Waals surface area (Å²) in [6.07, 6.45) is 2.09. The molecule has 0 bridgehead atoms. The second-order valence-corrected chi connectivity index (χ2v) is 7.30. The molecular weight excluding hydrogens is 384 g/mol. The predicted octanol–water partition coefficient (Wildman–Crippen LogP) is 3.91. The number of carbonyl (C=O) groups is 3. The van der Waals surface area contributed by atoms with Gasteiger partial charge in [-0.05, 0) is 37.6 Å². The maximum Gasteiger partial charge on any atom is 0.310 e. The fraction of sp³-hybridized carbons (Fsp3) is 0.208. The van der Waals surface area contributed by atoms with Crippen molar-refractivity contribution in [3.8, 4) is 11.5 Å². The lowest BCUT2D eigenvalue weighted by atomic mass is 9.85. The van der Waals surface area contributed by atoms with Crippen molar-refractivity contribution >= 4 is 17.5 Å². The number of phenols is 2. The van der Waals surface area contributed by atoms with Gasteiger partial charge in [0.15, 0.2) is 11.6 Å². The van der Waals surface area contributed by atoms with Gasteiger partial charge in [0.25, 0.3) is 0 Å². The van der Waals surface area contributed by atoms with Crippen molar-refractivity contribution in [1.29, 1.82) is 0 Å². The zero-order chi connectivity index (χ0) is 21.8. The summed E-state index contributed by atoms with van der Waals surface area (Å²) in [7, 11) is 0. The Morgan fingerprint density at radius 2 is 1.63 bits per heavy atom. The molecule has 0 aliphatic heterocycles. The molecule has 0 radical (unpaired) electrons.